The maximum atomic E-state index is 11.7. The Morgan fingerprint density at radius 2 is 1.93 bits per heavy atom. The Morgan fingerprint density at radius 1 is 1.17 bits per heavy atom. The average molecular weight is 453 g/mol. The Hall–Kier alpha value is -1.31. The highest BCUT2D eigenvalue weighted by molar-refractivity contribution is 7.90. The number of fused-ring (bicyclic) bond motifs is 3. The van der Waals surface area contributed by atoms with Crippen molar-refractivity contribution in [2.45, 2.75) is 42.0 Å². The number of likely N-dealkylation sites (tertiary alicyclic amines) is 1. The van der Waals surface area contributed by atoms with Crippen LogP contribution in [0.25, 0.3) is 0 Å². The summed E-state index contributed by atoms with van der Waals surface area (Å²) in [5.41, 5.74) is 2.12. The molecule has 154 valence electrons. The van der Waals surface area contributed by atoms with Crippen molar-refractivity contribution in [1.82, 2.24) is 10.2 Å². The summed E-state index contributed by atoms with van der Waals surface area (Å²) in [6.07, 6.45) is 2.98. The van der Waals surface area contributed by atoms with E-state index in [1.807, 2.05) is 6.07 Å². The maximum absolute atomic E-state index is 11.7. The lowest BCUT2D eigenvalue weighted by Crippen LogP contribution is -2.50. The molecule has 0 amide bonds. The summed E-state index contributed by atoms with van der Waals surface area (Å²) in [7, 11) is -3.24. The molecule has 2 aliphatic heterocycles. The Morgan fingerprint density at radius 3 is 2.55 bits per heavy atom. The van der Waals surface area contributed by atoms with E-state index in [-0.39, 0.29) is 17.0 Å². The highest BCUT2D eigenvalue weighted by Gasteiger charge is 2.47. The van der Waals surface area contributed by atoms with Gasteiger partial charge in [0.05, 0.1) is 10.9 Å². The van der Waals surface area contributed by atoms with E-state index in [2.05, 4.69) is 10.2 Å². The first-order chi connectivity index (χ1) is 13.8. The molecule has 0 radical (unpaired) electrons. The summed E-state index contributed by atoms with van der Waals surface area (Å²) in [4.78, 5) is 2.82. The lowest BCUT2D eigenvalue weighted by Gasteiger charge is -2.36. The van der Waals surface area contributed by atoms with E-state index in [1.54, 1.807) is 30.3 Å². The highest BCUT2D eigenvalue weighted by Crippen LogP contribution is 2.44. The molecule has 29 heavy (non-hydrogen) atoms. The van der Waals surface area contributed by atoms with Crippen LogP contribution in [0.15, 0.2) is 41.3 Å². The molecule has 2 fully saturated rings. The third-order valence-corrected chi connectivity index (χ3v) is 7.99. The minimum atomic E-state index is -3.24. The fraction of sp³-hybridized carbons (Fsp3) is 0.429. The van der Waals surface area contributed by atoms with Gasteiger partial charge in [0.2, 0.25) is 0 Å². The monoisotopic (exact) mass is 452 g/mol. The Kier molecular flexibility index (Phi) is 4.83. The van der Waals surface area contributed by atoms with Gasteiger partial charge in [0.25, 0.3) is 0 Å². The second-order valence-corrected chi connectivity index (χ2v) is 11.1. The Balaban J connectivity index is 1.49. The quantitative estimate of drug-likeness (QED) is 0.768. The Labute approximate surface area is 180 Å². The lowest BCUT2D eigenvalue weighted by molar-refractivity contribution is 0.0614. The molecule has 1 aliphatic carbocycles. The molecule has 2 saturated heterocycles. The average Bonchev–Trinajstić information content (AvgIpc) is 3.36. The fourth-order valence-electron chi connectivity index (χ4n) is 4.96. The van der Waals surface area contributed by atoms with Gasteiger partial charge in [-0.15, -0.1) is 0 Å². The van der Waals surface area contributed by atoms with Crippen LogP contribution in [-0.2, 0) is 16.3 Å². The van der Waals surface area contributed by atoms with Crippen molar-refractivity contribution in [3.63, 3.8) is 0 Å². The summed E-state index contributed by atoms with van der Waals surface area (Å²) >= 11 is 12.8. The highest BCUT2D eigenvalue weighted by atomic mass is 35.5. The molecule has 2 aromatic carbocycles. The molecule has 0 saturated carbocycles. The van der Waals surface area contributed by atoms with Crippen LogP contribution in [0.4, 0.5) is 0 Å². The van der Waals surface area contributed by atoms with E-state index in [9.17, 15) is 8.42 Å². The first kappa shape index (κ1) is 19.6. The minimum Gasteiger partial charge on any atom is -0.484 e. The molecule has 1 unspecified atom stereocenters. The van der Waals surface area contributed by atoms with Crippen LogP contribution in [0.3, 0.4) is 0 Å². The largest absolute Gasteiger partial charge is 0.484 e. The number of halogens is 2. The number of benzene rings is 2. The zero-order chi connectivity index (χ0) is 20.3. The number of hydrogen-bond donors (Lipinski definition) is 1. The van der Waals surface area contributed by atoms with Gasteiger partial charge in [-0.2, -0.15) is 0 Å². The van der Waals surface area contributed by atoms with Crippen LogP contribution in [0.5, 0.6) is 5.75 Å². The molecule has 1 N–H and O–H groups in total. The predicted octanol–water partition coefficient (Wildman–Crippen LogP) is 3.49. The molecule has 0 aromatic heterocycles. The van der Waals surface area contributed by atoms with Crippen LogP contribution in [-0.4, -0.2) is 50.8 Å². The smallest absolute Gasteiger partial charge is 0.175 e. The number of ether oxygens (including phenoxy) is 1. The van der Waals surface area contributed by atoms with Gasteiger partial charge in [0.1, 0.15) is 11.9 Å². The standard InChI is InChI=1S/C21H22Cl2N2O3S/c1-29(26,27)16-4-2-15(3-5-16)28-21-18-6-12(22)7-19(23)17(18)9-20(21)25-11-13-8-14(25)10-24-13/h2-7,13-14,20-21,24H,8-11H2,1H3/t13?,14-,20-,21-/m0/s1. The van der Waals surface area contributed by atoms with Crippen molar-refractivity contribution in [2.75, 3.05) is 19.3 Å². The minimum absolute atomic E-state index is 0.174. The summed E-state index contributed by atoms with van der Waals surface area (Å²) < 4.78 is 29.9. The van der Waals surface area contributed by atoms with Gasteiger partial charge in [-0.05, 0) is 54.8 Å². The van der Waals surface area contributed by atoms with Crippen molar-refractivity contribution < 1.29 is 13.2 Å². The summed E-state index contributed by atoms with van der Waals surface area (Å²) in [5.74, 6) is 0.638. The van der Waals surface area contributed by atoms with E-state index >= 15 is 0 Å². The molecule has 0 spiro atoms. The molecule has 2 aromatic rings. The zero-order valence-corrected chi connectivity index (χ0v) is 18.3. The van der Waals surface area contributed by atoms with Crippen molar-refractivity contribution in [1.29, 1.82) is 0 Å². The number of rotatable bonds is 4. The molecule has 2 heterocycles. The van der Waals surface area contributed by atoms with Gasteiger partial charge < -0.3 is 10.1 Å². The summed E-state index contributed by atoms with van der Waals surface area (Å²) in [5, 5.41) is 4.83. The first-order valence-electron chi connectivity index (χ1n) is 9.73. The molecular weight excluding hydrogens is 431 g/mol. The van der Waals surface area contributed by atoms with Gasteiger partial charge in [-0.25, -0.2) is 8.42 Å². The second-order valence-electron chi connectivity index (χ2n) is 8.20. The van der Waals surface area contributed by atoms with Crippen molar-refractivity contribution in [3.05, 3.63) is 57.6 Å². The van der Waals surface area contributed by atoms with Crippen molar-refractivity contribution in [2.24, 2.45) is 0 Å². The number of nitrogens with zero attached hydrogens (tertiary/aromatic N) is 1. The van der Waals surface area contributed by atoms with E-state index in [1.165, 1.54) is 6.26 Å². The number of piperazine rings is 1. The number of hydrogen-bond acceptors (Lipinski definition) is 5. The molecule has 3 aliphatic rings. The zero-order valence-electron chi connectivity index (χ0n) is 15.9. The van der Waals surface area contributed by atoms with Gasteiger partial charge in [0, 0.05) is 47.0 Å². The van der Waals surface area contributed by atoms with Crippen LogP contribution in [0.2, 0.25) is 10.0 Å². The molecular formula is C21H22Cl2N2O3S. The van der Waals surface area contributed by atoms with Gasteiger partial charge >= 0.3 is 0 Å². The Bertz CT molecular complexity index is 1060. The van der Waals surface area contributed by atoms with Crippen LogP contribution < -0.4 is 10.1 Å². The van der Waals surface area contributed by atoms with Crippen molar-refractivity contribution in [3.8, 4) is 5.75 Å². The molecule has 5 rings (SSSR count). The topological polar surface area (TPSA) is 58.6 Å². The predicted molar refractivity (Wildman–Crippen MR) is 114 cm³/mol. The number of nitrogens with one attached hydrogen (secondary N) is 1. The van der Waals surface area contributed by atoms with Gasteiger partial charge in [-0.1, -0.05) is 23.2 Å². The van der Waals surface area contributed by atoms with Gasteiger partial charge in [-0.3, -0.25) is 4.90 Å². The van der Waals surface area contributed by atoms with E-state index < -0.39 is 9.84 Å². The van der Waals surface area contributed by atoms with Gasteiger partial charge in [0.15, 0.2) is 9.84 Å². The van der Waals surface area contributed by atoms with Crippen LogP contribution >= 0.6 is 23.2 Å². The normalized spacial score (nSPS) is 28.7. The third-order valence-electron chi connectivity index (χ3n) is 6.30. The van der Waals surface area contributed by atoms with Crippen molar-refractivity contribution >= 4 is 33.0 Å². The first-order valence-corrected chi connectivity index (χ1v) is 12.4. The third kappa shape index (κ3) is 3.55. The molecule has 4 atom stereocenters. The molecule has 8 heteroatoms. The maximum Gasteiger partial charge on any atom is 0.175 e. The summed E-state index contributed by atoms with van der Waals surface area (Å²) in [6.45, 7) is 2.00. The molecule has 5 nitrogen and oxygen atoms in total. The van der Waals surface area contributed by atoms with Crippen LogP contribution in [0, 0.1) is 0 Å². The van der Waals surface area contributed by atoms with E-state index in [0.29, 0.717) is 27.9 Å². The SMILES string of the molecule is CS(=O)(=O)c1ccc(O[C@H]2c3cc(Cl)cc(Cl)c3C[C@@H]2N2CC3C[C@H]2CN3)cc1. The second kappa shape index (κ2) is 7.13. The number of sulfone groups is 1. The van der Waals surface area contributed by atoms with E-state index in [0.717, 1.165) is 37.1 Å². The van der Waals surface area contributed by atoms with E-state index in [4.69, 9.17) is 27.9 Å². The summed E-state index contributed by atoms with van der Waals surface area (Å²) in [6, 6.07) is 11.6. The molecule has 2 bridgehead atoms. The van der Waals surface area contributed by atoms with Crippen LogP contribution in [0.1, 0.15) is 23.7 Å². The lowest BCUT2D eigenvalue weighted by atomic mass is 10.1. The fourth-order valence-corrected chi connectivity index (χ4v) is 6.18.